The van der Waals surface area contributed by atoms with E-state index < -0.39 is 0 Å². The van der Waals surface area contributed by atoms with Crippen LogP contribution in [0.2, 0.25) is 5.15 Å². The molecule has 1 aliphatic rings. The van der Waals surface area contributed by atoms with Gasteiger partial charge in [0, 0.05) is 24.8 Å². The maximum atomic E-state index is 5.96. The van der Waals surface area contributed by atoms with Crippen molar-refractivity contribution in [2.75, 3.05) is 24.5 Å². The van der Waals surface area contributed by atoms with Gasteiger partial charge in [0.2, 0.25) is 5.95 Å². The molecule has 0 radical (unpaired) electrons. The largest absolute Gasteiger partial charge is 0.340 e. The molecule has 5 heteroatoms. The van der Waals surface area contributed by atoms with Gasteiger partial charge in [-0.15, -0.1) is 0 Å². The van der Waals surface area contributed by atoms with E-state index in [1.165, 1.54) is 0 Å². The zero-order valence-electron chi connectivity index (χ0n) is 8.78. The third-order valence-corrected chi connectivity index (χ3v) is 3.18. The van der Waals surface area contributed by atoms with E-state index >= 15 is 0 Å². The number of rotatable bonds is 2. The molecular weight excluding hydrogens is 212 g/mol. The molecule has 0 aliphatic carbocycles. The highest BCUT2D eigenvalue weighted by molar-refractivity contribution is 6.30. The van der Waals surface area contributed by atoms with E-state index in [-0.39, 0.29) is 0 Å². The van der Waals surface area contributed by atoms with Crippen molar-refractivity contribution in [2.24, 2.45) is 11.7 Å². The lowest BCUT2D eigenvalue weighted by molar-refractivity contribution is 0.602. The summed E-state index contributed by atoms with van der Waals surface area (Å²) in [7, 11) is 0. The van der Waals surface area contributed by atoms with Crippen LogP contribution in [0.3, 0.4) is 0 Å². The van der Waals surface area contributed by atoms with E-state index in [4.69, 9.17) is 17.3 Å². The van der Waals surface area contributed by atoms with Crippen LogP contribution in [0.25, 0.3) is 0 Å². The molecule has 1 atom stereocenters. The highest BCUT2D eigenvalue weighted by atomic mass is 35.5. The van der Waals surface area contributed by atoms with Crippen molar-refractivity contribution in [1.29, 1.82) is 0 Å². The van der Waals surface area contributed by atoms with Gasteiger partial charge < -0.3 is 10.6 Å². The summed E-state index contributed by atoms with van der Waals surface area (Å²) in [5, 5.41) is 0.538. The first-order chi connectivity index (χ1) is 7.20. The standard InChI is InChI=1S/C10H15ClN4/c1-7-5-13-10(14-9(7)11)15-3-2-8(4-12)6-15/h5,8H,2-4,6,12H2,1H3/t8-/m1/s1. The Morgan fingerprint density at radius 1 is 1.67 bits per heavy atom. The van der Waals surface area contributed by atoms with Gasteiger partial charge in [-0.25, -0.2) is 9.97 Å². The summed E-state index contributed by atoms with van der Waals surface area (Å²) in [6.45, 7) is 4.55. The van der Waals surface area contributed by atoms with Crippen LogP contribution in [-0.2, 0) is 0 Å². The first kappa shape index (κ1) is 10.6. The Balaban J connectivity index is 2.13. The van der Waals surface area contributed by atoms with Crippen molar-refractivity contribution >= 4 is 17.5 Å². The Kier molecular flexibility index (Phi) is 3.07. The number of nitrogens with two attached hydrogens (primary N) is 1. The smallest absolute Gasteiger partial charge is 0.226 e. The monoisotopic (exact) mass is 226 g/mol. The number of halogens is 1. The molecule has 0 bridgehead atoms. The zero-order valence-corrected chi connectivity index (χ0v) is 9.54. The Morgan fingerprint density at radius 3 is 3.07 bits per heavy atom. The molecular formula is C10H15ClN4. The van der Waals surface area contributed by atoms with E-state index in [2.05, 4.69) is 14.9 Å². The summed E-state index contributed by atoms with van der Waals surface area (Å²) >= 11 is 5.96. The number of anilines is 1. The third kappa shape index (κ3) is 2.21. The van der Waals surface area contributed by atoms with Crippen LogP contribution < -0.4 is 10.6 Å². The van der Waals surface area contributed by atoms with Gasteiger partial charge in [0.15, 0.2) is 0 Å². The second-order valence-corrected chi connectivity index (χ2v) is 4.34. The maximum Gasteiger partial charge on any atom is 0.226 e. The van der Waals surface area contributed by atoms with Crippen LogP contribution in [0.15, 0.2) is 6.20 Å². The molecule has 0 aromatic carbocycles. The molecule has 1 aromatic rings. The van der Waals surface area contributed by atoms with Crippen molar-refractivity contribution in [3.05, 3.63) is 16.9 Å². The third-order valence-electron chi connectivity index (χ3n) is 2.80. The highest BCUT2D eigenvalue weighted by Gasteiger charge is 2.23. The lowest BCUT2D eigenvalue weighted by Crippen LogP contribution is -2.24. The predicted molar refractivity (Wildman–Crippen MR) is 61.2 cm³/mol. The molecule has 0 saturated carbocycles. The van der Waals surface area contributed by atoms with Crippen molar-refractivity contribution in [3.63, 3.8) is 0 Å². The first-order valence-corrected chi connectivity index (χ1v) is 5.52. The minimum atomic E-state index is 0.538. The Morgan fingerprint density at radius 2 is 2.47 bits per heavy atom. The predicted octanol–water partition coefficient (Wildman–Crippen LogP) is 1.22. The SMILES string of the molecule is Cc1cnc(N2CC[C@H](CN)C2)nc1Cl. The lowest BCUT2D eigenvalue weighted by Gasteiger charge is -2.16. The lowest BCUT2D eigenvalue weighted by atomic mass is 10.1. The second-order valence-electron chi connectivity index (χ2n) is 3.98. The molecule has 2 heterocycles. The van der Waals surface area contributed by atoms with Crippen molar-refractivity contribution in [3.8, 4) is 0 Å². The van der Waals surface area contributed by atoms with Gasteiger partial charge in [-0.05, 0) is 25.8 Å². The molecule has 0 unspecified atom stereocenters. The van der Waals surface area contributed by atoms with Gasteiger partial charge >= 0.3 is 0 Å². The van der Waals surface area contributed by atoms with Gasteiger partial charge in [0.05, 0.1) is 0 Å². The molecule has 2 rings (SSSR count). The summed E-state index contributed by atoms with van der Waals surface area (Å²) in [5.41, 5.74) is 6.55. The number of aromatic nitrogens is 2. The maximum absolute atomic E-state index is 5.96. The van der Waals surface area contributed by atoms with E-state index in [0.717, 1.165) is 37.6 Å². The quantitative estimate of drug-likeness (QED) is 0.771. The molecule has 2 N–H and O–H groups in total. The Bertz CT molecular complexity index is 355. The van der Waals surface area contributed by atoms with Gasteiger partial charge in [0.1, 0.15) is 5.15 Å². The summed E-state index contributed by atoms with van der Waals surface area (Å²) < 4.78 is 0. The minimum Gasteiger partial charge on any atom is -0.340 e. The number of aryl methyl sites for hydroxylation is 1. The summed E-state index contributed by atoms with van der Waals surface area (Å²) in [6, 6.07) is 0. The van der Waals surface area contributed by atoms with Crippen LogP contribution in [0, 0.1) is 12.8 Å². The highest BCUT2D eigenvalue weighted by Crippen LogP contribution is 2.21. The van der Waals surface area contributed by atoms with E-state index in [9.17, 15) is 0 Å². The fourth-order valence-electron chi connectivity index (χ4n) is 1.77. The van der Waals surface area contributed by atoms with Gasteiger partial charge in [-0.1, -0.05) is 11.6 Å². The van der Waals surface area contributed by atoms with Crippen molar-refractivity contribution < 1.29 is 0 Å². The van der Waals surface area contributed by atoms with Crippen LogP contribution in [-0.4, -0.2) is 29.6 Å². The Hall–Kier alpha value is -0.870. The van der Waals surface area contributed by atoms with Gasteiger partial charge in [-0.3, -0.25) is 0 Å². The van der Waals surface area contributed by atoms with Crippen molar-refractivity contribution in [2.45, 2.75) is 13.3 Å². The van der Waals surface area contributed by atoms with Crippen LogP contribution in [0.1, 0.15) is 12.0 Å². The van der Waals surface area contributed by atoms with E-state index in [1.54, 1.807) is 6.20 Å². The van der Waals surface area contributed by atoms with Crippen LogP contribution in [0.4, 0.5) is 5.95 Å². The van der Waals surface area contributed by atoms with Crippen LogP contribution in [0.5, 0.6) is 0 Å². The normalized spacial score (nSPS) is 21.0. The number of hydrogen-bond donors (Lipinski definition) is 1. The molecule has 15 heavy (non-hydrogen) atoms. The zero-order chi connectivity index (χ0) is 10.8. The number of hydrogen-bond acceptors (Lipinski definition) is 4. The minimum absolute atomic E-state index is 0.538. The molecule has 1 saturated heterocycles. The molecule has 1 fully saturated rings. The fourth-order valence-corrected chi connectivity index (χ4v) is 1.90. The second kappa shape index (κ2) is 4.33. The topological polar surface area (TPSA) is 55.0 Å². The number of nitrogens with zero attached hydrogens (tertiary/aromatic N) is 3. The van der Waals surface area contributed by atoms with Gasteiger partial charge in [-0.2, -0.15) is 0 Å². The molecule has 4 nitrogen and oxygen atoms in total. The molecule has 1 aromatic heterocycles. The average molecular weight is 227 g/mol. The molecule has 1 aliphatic heterocycles. The van der Waals surface area contributed by atoms with Gasteiger partial charge in [0.25, 0.3) is 0 Å². The molecule has 82 valence electrons. The summed E-state index contributed by atoms with van der Waals surface area (Å²) in [4.78, 5) is 10.7. The first-order valence-electron chi connectivity index (χ1n) is 5.15. The molecule has 0 spiro atoms. The Labute approximate surface area is 94.5 Å². The van der Waals surface area contributed by atoms with Crippen LogP contribution >= 0.6 is 11.6 Å². The fraction of sp³-hybridized carbons (Fsp3) is 0.600. The molecule has 0 amide bonds. The van der Waals surface area contributed by atoms with E-state index in [0.29, 0.717) is 11.1 Å². The van der Waals surface area contributed by atoms with E-state index in [1.807, 2.05) is 6.92 Å². The van der Waals surface area contributed by atoms with Crippen molar-refractivity contribution in [1.82, 2.24) is 9.97 Å². The summed E-state index contributed by atoms with van der Waals surface area (Å²) in [5.74, 6) is 1.29. The average Bonchev–Trinajstić information content (AvgIpc) is 2.70. The summed E-state index contributed by atoms with van der Waals surface area (Å²) in [6.07, 6.45) is 2.88.